The first kappa shape index (κ1) is 16.0. The van der Waals surface area contributed by atoms with Crippen LogP contribution in [0, 0.1) is 6.92 Å². The molecular formula is C23H18N2O. The third-order valence-corrected chi connectivity index (χ3v) is 4.35. The summed E-state index contributed by atoms with van der Waals surface area (Å²) in [5.74, 6) is -0.130. The lowest BCUT2D eigenvalue weighted by molar-refractivity contribution is 0.102. The average molecular weight is 338 g/mol. The highest BCUT2D eigenvalue weighted by atomic mass is 16.1. The molecule has 1 heterocycles. The van der Waals surface area contributed by atoms with E-state index in [9.17, 15) is 4.79 Å². The van der Waals surface area contributed by atoms with Gasteiger partial charge in [0, 0.05) is 22.3 Å². The maximum Gasteiger partial charge on any atom is 0.256 e. The molecule has 3 nitrogen and oxygen atoms in total. The number of nitrogens with one attached hydrogen (secondary N) is 1. The van der Waals surface area contributed by atoms with Gasteiger partial charge in [0.1, 0.15) is 0 Å². The molecule has 3 aromatic carbocycles. The third-order valence-electron chi connectivity index (χ3n) is 4.35. The van der Waals surface area contributed by atoms with Gasteiger partial charge in [-0.1, -0.05) is 66.7 Å². The molecule has 3 heteroatoms. The number of aromatic nitrogens is 1. The Bertz CT molecular complexity index is 1090. The summed E-state index contributed by atoms with van der Waals surface area (Å²) in [5.41, 5.74) is 5.15. The molecule has 26 heavy (non-hydrogen) atoms. The van der Waals surface area contributed by atoms with Crippen molar-refractivity contribution in [1.82, 2.24) is 4.98 Å². The maximum absolute atomic E-state index is 13.0. The summed E-state index contributed by atoms with van der Waals surface area (Å²) in [6.07, 6.45) is 0. The Balaban J connectivity index is 1.75. The van der Waals surface area contributed by atoms with E-state index in [-0.39, 0.29) is 5.91 Å². The fraction of sp³-hybridized carbons (Fsp3) is 0.0435. The average Bonchev–Trinajstić information content (AvgIpc) is 2.68. The van der Waals surface area contributed by atoms with E-state index in [0.29, 0.717) is 5.56 Å². The van der Waals surface area contributed by atoms with Gasteiger partial charge in [-0.15, -0.1) is 0 Å². The van der Waals surface area contributed by atoms with Crippen LogP contribution in [-0.4, -0.2) is 10.9 Å². The molecule has 4 rings (SSSR count). The van der Waals surface area contributed by atoms with Crippen LogP contribution in [0.1, 0.15) is 16.1 Å². The van der Waals surface area contributed by atoms with Crippen molar-refractivity contribution in [3.8, 4) is 11.1 Å². The van der Waals surface area contributed by atoms with Gasteiger partial charge in [0.05, 0.1) is 11.1 Å². The molecule has 0 aliphatic heterocycles. The highest BCUT2D eigenvalue weighted by Crippen LogP contribution is 2.28. The Hall–Kier alpha value is -3.46. The van der Waals surface area contributed by atoms with E-state index in [4.69, 9.17) is 0 Å². The molecule has 0 atom stereocenters. The van der Waals surface area contributed by atoms with Gasteiger partial charge in [-0.05, 0) is 30.7 Å². The molecule has 4 aromatic rings. The molecule has 0 fully saturated rings. The third kappa shape index (κ3) is 3.07. The normalized spacial score (nSPS) is 10.7. The van der Waals surface area contributed by atoms with Gasteiger partial charge < -0.3 is 5.32 Å². The molecule has 0 radical (unpaired) electrons. The molecule has 1 aromatic heterocycles. The second-order valence-electron chi connectivity index (χ2n) is 6.19. The first-order valence-electron chi connectivity index (χ1n) is 8.54. The minimum atomic E-state index is -0.130. The summed E-state index contributed by atoms with van der Waals surface area (Å²) < 4.78 is 0. The largest absolute Gasteiger partial charge is 0.321 e. The van der Waals surface area contributed by atoms with E-state index in [1.807, 2.05) is 91.9 Å². The molecule has 0 unspecified atom stereocenters. The van der Waals surface area contributed by atoms with Crippen molar-refractivity contribution >= 4 is 22.5 Å². The molecule has 0 aliphatic rings. The first-order chi connectivity index (χ1) is 12.7. The Kier molecular flexibility index (Phi) is 4.20. The molecule has 1 N–H and O–H groups in total. The molecule has 0 aliphatic carbocycles. The molecule has 0 saturated heterocycles. The lowest BCUT2D eigenvalue weighted by Gasteiger charge is -2.13. The van der Waals surface area contributed by atoms with Gasteiger partial charge in [-0.25, -0.2) is 0 Å². The summed E-state index contributed by atoms with van der Waals surface area (Å²) in [7, 11) is 0. The number of nitrogens with zero attached hydrogens (tertiary/aromatic N) is 1. The van der Waals surface area contributed by atoms with Gasteiger partial charge in [0.15, 0.2) is 0 Å². The molecule has 126 valence electrons. The van der Waals surface area contributed by atoms with Crippen molar-refractivity contribution < 1.29 is 4.79 Å². The number of hydrogen-bond donors (Lipinski definition) is 1. The van der Waals surface area contributed by atoms with Gasteiger partial charge in [0.2, 0.25) is 0 Å². The zero-order valence-corrected chi connectivity index (χ0v) is 14.4. The van der Waals surface area contributed by atoms with E-state index < -0.39 is 0 Å². The van der Waals surface area contributed by atoms with E-state index in [0.717, 1.165) is 33.4 Å². The number of pyridine rings is 1. The van der Waals surface area contributed by atoms with Crippen molar-refractivity contribution in [1.29, 1.82) is 0 Å². The summed E-state index contributed by atoms with van der Waals surface area (Å²) in [4.78, 5) is 17.5. The van der Waals surface area contributed by atoms with Gasteiger partial charge in [0.25, 0.3) is 5.91 Å². The van der Waals surface area contributed by atoms with Crippen LogP contribution in [0.2, 0.25) is 0 Å². The summed E-state index contributed by atoms with van der Waals surface area (Å²) in [6, 6.07) is 27.4. The Morgan fingerprint density at radius 3 is 2.38 bits per heavy atom. The van der Waals surface area contributed by atoms with Crippen LogP contribution in [-0.2, 0) is 0 Å². The minimum absolute atomic E-state index is 0.130. The van der Waals surface area contributed by atoms with Crippen LogP contribution < -0.4 is 5.32 Å². The van der Waals surface area contributed by atoms with E-state index in [1.54, 1.807) is 0 Å². The molecule has 1 amide bonds. The van der Waals surface area contributed by atoms with E-state index in [1.165, 1.54) is 0 Å². The van der Waals surface area contributed by atoms with Gasteiger partial charge >= 0.3 is 0 Å². The standard InChI is InChI=1S/C23H18N2O/c1-16-15-20(19-12-6-8-14-22(19)24-16)23(26)25-21-13-7-5-11-18(21)17-9-3-2-4-10-17/h2-15H,1H3,(H,25,26). The topological polar surface area (TPSA) is 42.0 Å². The molecule has 0 spiro atoms. The van der Waals surface area contributed by atoms with Gasteiger partial charge in [-0.2, -0.15) is 0 Å². The van der Waals surface area contributed by atoms with Crippen LogP contribution >= 0.6 is 0 Å². The number of anilines is 1. The van der Waals surface area contributed by atoms with Crippen molar-refractivity contribution in [3.63, 3.8) is 0 Å². The van der Waals surface area contributed by atoms with E-state index in [2.05, 4.69) is 10.3 Å². The zero-order valence-electron chi connectivity index (χ0n) is 14.4. The van der Waals surface area contributed by atoms with Crippen molar-refractivity contribution in [2.24, 2.45) is 0 Å². The quantitative estimate of drug-likeness (QED) is 0.539. The number of benzene rings is 3. The smallest absolute Gasteiger partial charge is 0.256 e. The zero-order chi connectivity index (χ0) is 17.9. The molecular weight excluding hydrogens is 320 g/mol. The van der Waals surface area contributed by atoms with Crippen molar-refractivity contribution in [2.75, 3.05) is 5.32 Å². The van der Waals surface area contributed by atoms with Crippen molar-refractivity contribution in [3.05, 3.63) is 96.2 Å². The highest BCUT2D eigenvalue weighted by Gasteiger charge is 2.14. The molecule has 0 saturated carbocycles. The summed E-state index contributed by atoms with van der Waals surface area (Å²) in [5, 5.41) is 3.93. The summed E-state index contributed by atoms with van der Waals surface area (Å²) >= 11 is 0. The monoisotopic (exact) mass is 338 g/mol. The minimum Gasteiger partial charge on any atom is -0.321 e. The number of rotatable bonds is 3. The van der Waals surface area contributed by atoms with Crippen LogP contribution in [0.15, 0.2) is 84.9 Å². The number of amides is 1. The van der Waals surface area contributed by atoms with Crippen molar-refractivity contribution in [2.45, 2.75) is 6.92 Å². The van der Waals surface area contributed by atoms with E-state index >= 15 is 0 Å². The number of para-hydroxylation sites is 2. The van der Waals surface area contributed by atoms with Crippen LogP contribution in [0.5, 0.6) is 0 Å². The summed E-state index contributed by atoms with van der Waals surface area (Å²) in [6.45, 7) is 1.90. The second-order valence-corrected chi connectivity index (χ2v) is 6.19. The predicted octanol–water partition coefficient (Wildman–Crippen LogP) is 5.46. The fourth-order valence-electron chi connectivity index (χ4n) is 3.15. The Labute approximate surface area is 152 Å². The Morgan fingerprint density at radius 1 is 0.846 bits per heavy atom. The van der Waals surface area contributed by atoms with Gasteiger partial charge in [-0.3, -0.25) is 9.78 Å². The second kappa shape index (κ2) is 6.81. The SMILES string of the molecule is Cc1cc(C(=O)Nc2ccccc2-c2ccccc2)c2ccccc2n1. The fourth-order valence-corrected chi connectivity index (χ4v) is 3.15. The maximum atomic E-state index is 13.0. The lowest BCUT2D eigenvalue weighted by atomic mass is 10.0. The van der Waals surface area contributed by atoms with Crippen LogP contribution in [0.25, 0.3) is 22.0 Å². The molecule has 0 bridgehead atoms. The number of fused-ring (bicyclic) bond motifs is 1. The number of hydrogen-bond acceptors (Lipinski definition) is 2. The Morgan fingerprint density at radius 2 is 1.54 bits per heavy atom. The first-order valence-corrected chi connectivity index (χ1v) is 8.54. The van der Waals surface area contributed by atoms with Crippen LogP contribution in [0.3, 0.4) is 0 Å². The number of carbonyl (C=O) groups is 1. The number of aryl methyl sites for hydroxylation is 1. The highest BCUT2D eigenvalue weighted by molar-refractivity contribution is 6.13. The number of carbonyl (C=O) groups excluding carboxylic acids is 1. The predicted molar refractivity (Wildman–Crippen MR) is 106 cm³/mol. The lowest BCUT2D eigenvalue weighted by Crippen LogP contribution is -2.13. The van der Waals surface area contributed by atoms with Crippen LogP contribution in [0.4, 0.5) is 5.69 Å².